The second-order valence-electron chi connectivity index (χ2n) is 6.81. The molecule has 1 aromatic carbocycles. The minimum Gasteiger partial charge on any atom is -0.384 e. The van der Waals surface area contributed by atoms with E-state index < -0.39 is 11.7 Å². The Bertz CT molecular complexity index is 462. The second-order valence-corrected chi connectivity index (χ2v) is 8.44. The van der Waals surface area contributed by atoms with Crippen molar-refractivity contribution in [3.8, 4) is 0 Å². The molecule has 0 saturated heterocycles. The van der Waals surface area contributed by atoms with E-state index in [1.54, 1.807) is 19.2 Å². The Morgan fingerprint density at radius 1 is 1.18 bits per heavy atom. The van der Waals surface area contributed by atoms with Crippen molar-refractivity contribution in [3.05, 3.63) is 35.4 Å². The third-order valence-electron chi connectivity index (χ3n) is 5.01. The van der Waals surface area contributed by atoms with Gasteiger partial charge in [-0.1, -0.05) is 30.5 Å². The summed E-state index contributed by atoms with van der Waals surface area (Å²) in [5.41, 5.74) is 1.55. The smallest absolute Gasteiger partial charge is 0.384 e. The molecule has 0 atom stereocenters. The van der Waals surface area contributed by atoms with Crippen LogP contribution in [0, 0.1) is 5.41 Å². The van der Waals surface area contributed by atoms with Crippen molar-refractivity contribution in [1.29, 1.82) is 0 Å². The maximum Gasteiger partial charge on any atom is 0.416 e. The van der Waals surface area contributed by atoms with E-state index in [9.17, 15) is 13.2 Å². The normalized spacial score (nSPS) is 26.3. The molecule has 0 amide bonds. The molecule has 0 N–H and O–H groups in total. The SMILES string of the molecule is COCC1(CCc2ccc(C(F)(F)F)cc2)CCC([SiH3])CC1. The fourth-order valence-corrected chi connectivity index (χ4v) is 3.99. The Labute approximate surface area is 133 Å². The summed E-state index contributed by atoms with van der Waals surface area (Å²) in [5.74, 6) is 0. The van der Waals surface area contributed by atoms with Crippen LogP contribution in [0.25, 0.3) is 0 Å². The highest BCUT2D eigenvalue weighted by atomic mass is 28.1. The summed E-state index contributed by atoms with van der Waals surface area (Å²) in [5, 5.41) is 0. The molecule has 0 heterocycles. The molecule has 1 nitrogen and oxygen atoms in total. The molecule has 1 aliphatic rings. The van der Waals surface area contributed by atoms with Gasteiger partial charge in [0.25, 0.3) is 0 Å². The molecular weight excluding hydrogens is 305 g/mol. The number of methoxy groups -OCH3 is 1. The maximum atomic E-state index is 12.6. The molecule has 1 saturated carbocycles. The van der Waals surface area contributed by atoms with Crippen LogP contribution in [0.1, 0.15) is 43.2 Å². The fourth-order valence-electron chi connectivity index (χ4n) is 3.42. The quantitative estimate of drug-likeness (QED) is 0.742. The van der Waals surface area contributed by atoms with Crippen LogP contribution in [-0.2, 0) is 17.3 Å². The van der Waals surface area contributed by atoms with Crippen LogP contribution in [-0.4, -0.2) is 24.0 Å². The van der Waals surface area contributed by atoms with Gasteiger partial charge in [-0.15, -0.1) is 0 Å². The number of hydrogen-bond acceptors (Lipinski definition) is 1. The van der Waals surface area contributed by atoms with Crippen molar-refractivity contribution in [3.63, 3.8) is 0 Å². The third kappa shape index (κ3) is 4.59. The first-order valence-corrected chi connectivity index (χ1v) is 9.15. The van der Waals surface area contributed by atoms with Gasteiger partial charge in [0.2, 0.25) is 0 Å². The minimum atomic E-state index is -4.25. The predicted octanol–water partition coefficient (Wildman–Crippen LogP) is 4.00. The molecule has 2 rings (SSSR count). The summed E-state index contributed by atoms with van der Waals surface area (Å²) < 4.78 is 43.2. The zero-order chi connectivity index (χ0) is 16.2. The monoisotopic (exact) mass is 330 g/mol. The highest BCUT2D eigenvalue weighted by Gasteiger charge is 2.34. The summed E-state index contributed by atoms with van der Waals surface area (Å²) in [7, 11) is 3.00. The Kier molecular flexibility index (Phi) is 5.72. The summed E-state index contributed by atoms with van der Waals surface area (Å²) in [6.07, 6.45) is 2.52. The highest BCUT2D eigenvalue weighted by molar-refractivity contribution is 6.11. The number of alkyl halides is 3. The van der Waals surface area contributed by atoms with Crippen molar-refractivity contribution in [1.82, 2.24) is 0 Å². The topological polar surface area (TPSA) is 9.23 Å². The van der Waals surface area contributed by atoms with Crippen molar-refractivity contribution in [2.24, 2.45) is 5.41 Å². The second kappa shape index (κ2) is 7.17. The predicted molar refractivity (Wildman–Crippen MR) is 86.2 cm³/mol. The fraction of sp³-hybridized carbons (Fsp3) is 0.647. The van der Waals surface area contributed by atoms with E-state index in [2.05, 4.69) is 0 Å². The first kappa shape index (κ1) is 17.5. The summed E-state index contributed by atoms with van der Waals surface area (Å²) in [6, 6.07) is 5.60. The average Bonchev–Trinajstić information content (AvgIpc) is 2.48. The molecular formula is C17H25F3OSi. The third-order valence-corrected chi connectivity index (χ3v) is 6.17. The van der Waals surface area contributed by atoms with E-state index in [1.165, 1.54) is 48.1 Å². The van der Waals surface area contributed by atoms with Crippen molar-refractivity contribution in [2.45, 2.75) is 50.2 Å². The minimum absolute atomic E-state index is 0.221. The van der Waals surface area contributed by atoms with Crippen LogP contribution in [0.3, 0.4) is 0 Å². The summed E-state index contributed by atoms with van der Waals surface area (Å²) in [4.78, 5) is 0. The molecule has 0 aliphatic heterocycles. The lowest BCUT2D eigenvalue weighted by Crippen LogP contribution is -2.31. The van der Waals surface area contributed by atoms with E-state index in [1.807, 2.05) is 0 Å². The van der Waals surface area contributed by atoms with E-state index >= 15 is 0 Å². The van der Waals surface area contributed by atoms with Gasteiger partial charge in [0.15, 0.2) is 0 Å². The number of halogens is 3. The average molecular weight is 330 g/mol. The maximum absolute atomic E-state index is 12.6. The molecule has 5 heteroatoms. The molecule has 1 aromatic rings. The lowest BCUT2D eigenvalue weighted by Gasteiger charge is -2.39. The van der Waals surface area contributed by atoms with Gasteiger partial charge in [0, 0.05) is 17.4 Å². The van der Waals surface area contributed by atoms with Gasteiger partial charge >= 0.3 is 6.18 Å². The first-order valence-electron chi connectivity index (χ1n) is 8.00. The standard InChI is InChI=1S/C17H25F3OSi/c1-21-12-16(10-7-15(22)8-11-16)9-6-13-2-4-14(5-3-13)17(18,19)20/h2-5,15H,6-12H2,1,22H3. The van der Waals surface area contributed by atoms with E-state index in [0.29, 0.717) is 0 Å². The zero-order valence-corrected chi connectivity index (χ0v) is 15.4. The van der Waals surface area contributed by atoms with E-state index in [4.69, 9.17) is 4.74 Å². The molecule has 22 heavy (non-hydrogen) atoms. The van der Waals surface area contributed by atoms with E-state index in [-0.39, 0.29) is 5.41 Å². The van der Waals surface area contributed by atoms with Crippen LogP contribution in [0.4, 0.5) is 13.2 Å². The molecule has 1 aliphatic carbocycles. The highest BCUT2D eigenvalue weighted by Crippen LogP contribution is 2.43. The molecule has 0 aromatic heterocycles. The van der Waals surface area contributed by atoms with Crippen LogP contribution in [0.15, 0.2) is 24.3 Å². The Balaban J connectivity index is 1.97. The molecule has 1 fully saturated rings. The van der Waals surface area contributed by atoms with Crippen molar-refractivity contribution >= 4 is 10.2 Å². The van der Waals surface area contributed by atoms with Crippen molar-refractivity contribution in [2.75, 3.05) is 13.7 Å². The van der Waals surface area contributed by atoms with Gasteiger partial charge in [-0.25, -0.2) is 0 Å². The number of ether oxygens (including phenoxy) is 1. The van der Waals surface area contributed by atoms with Gasteiger partial charge in [0.1, 0.15) is 0 Å². The molecule has 0 unspecified atom stereocenters. The van der Waals surface area contributed by atoms with Gasteiger partial charge in [-0.2, -0.15) is 13.2 Å². The summed E-state index contributed by atoms with van der Waals surface area (Å²) in [6.45, 7) is 0.766. The number of aryl methyl sites for hydroxylation is 1. The van der Waals surface area contributed by atoms with Gasteiger partial charge in [0.05, 0.1) is 12.2 Å². The molecule has 0 spiro atoms. The Morgan fingerprint density at radius 2 is 1.77 bits per heavy atom. The van der Waals surface area contributed by atoms with Crippen LogP contribution in [0.2, 0.25) is 5.54 Å². The zero-order valence-electron chi connectivity index (χ0n) is 13.4. The number of hydrogen-bond donors (Lipinski definition) is 0. The van der Waals surface area contributed by atoms with Crippen molar-refractivity contribution < 1.29 is 17.9 Å². The Hall–Kier alpha value is -0.813. The van der Waals surface area contributed by atoms with E-state index in [0.717, 1.165) is 30.6 Å². The lowest BCUT2D eigenvalue weighted by molar-refractivity contribution is -0.137. The largest absolute Gasteiger partial charge is 0.416 e. The number of benzene rings is 1. The van der Waals surface area contributed by atoms with Gasteiger partial charge in [-0.05, 0) is 48.8 Å². The molecule has 0 radical (unpaired) electrons. The van der Waals surface area contributed by atoms with Crippen LogP contribution in [0.5, 0.6) is 0 Å². The van der Waals surface area contributed by atoms with Gasteiger partial charge in [-0.3, -0.25) is 0 Å². The van der Waals surface area contributed by atoms with Crippen LogP contribution < -0.4 is 0 Å². The van der Waals surface area contributed by atoms with Crippen LogP contribution >= 0.6 is 0 Å². The summed E-state index contributed by atoms with van der Waals surface area (Å²) >= 11 is 0. The Morgan fingerprint density at radius 3 is 2.27 bits per heavy atom. The molecule has 0 bridgehead atoms. The lowest BCUT2D eigenvalue weighted by atomic mass is 9.71. The molecule has 124 valence electrons. The number of rotatable bonds is 5. The van der Waals surface area contributed by atoms with Gasteiger partial charge < -0.3 is 4.74 Å². The first-order chi connectivity index (χ1) is 10.3.